The standard InChI is InChI=1S/C12H20N4O2/c1-12(2,3)18-11(17)16-6-5-8-9(7-16)14-15(4)10(8)13/h5-7,13H2,1-4H3. The summed E-state index contributed by atoms with van der Waals surface area (Å²) in [6.07, 6.45) is 0.436. The minimum Gasteiger partial charge on any atom is -0.444 e. The van der Waals surface area contributed by atoms with E-state index in [9.17, 15) is 4.79 Å². The topological polar surface area (TPSA) is 73.4 Å². The zero-order valence-corrected chi connectivity index (χ0v) is 11.4. The van der Waals surface area contributed by atoms with Crippen LogP contribution in [0.15, 0.2) is 0 Å². The van der Waals surface area contributed by atoms with Gasteiger partial charge in [-0.25, -0.2) is 4.79 Å². The Morgan fingerprint density at radius 2 is 2.11 bits per heavy atom. The summed E-state index contributed by atoms with van der Waals surface area (Å²) in [7, 11) is 1.81. The lowest BCUT2D eigenvalue weighted by molar-refractivity contribution is 0.0221. The molecule has 0 saturated heterocycles. The van der Waals surface area contributed by atoms with Crippen molar-refractivity contribution in [3.8, 4) is 0 Å². The molecule has 0 bridgehead atoms. The molecule has 1 aromatic rings. The Balaban J connectivity index is 2.10. The molecule has 6 heteroatoms. The van der Waals surface area contributed by atoms with Crippen molar-refractivity contribution >= 4 is 11.9 Å². The summed E-state index contributed by atoms with van der Waals surface area (Å²) in [6.45, 7) is 6.67. The Hall–Kier alpha value is -1.72. The number of amides is 1. The highest BCUT2D eigenvalue weighted by Crippen LogP contribution is 2.24. The third kappa shape index (κ3) is 2.42. The van der Waals surface area contributed by atoms with Gasteiger partial charge in [-0.3, -0.25) is 4.68 Å². The highest BCUT2D eigenvalue weighted by atomic mass is 16.6. The van der Waals surface area contributed by atoms with Crippen LogP contribution in [0.25, 0.3) is 0 Å². The molecule has 2 heterocycles. The number of ether oxygens (including phenoxy) is 1. The number of aryl methyl sites for hydroxylation is 1. The van der Waals surface area contributed by atoms with Crippen LogP contribution in [-0.4, -0.2) is 32.9 Å². The van der Waals surface area contributed by atoms with Crippen LogP contribution in [0.5, 0.6) is 0 Å². The second kappa shape index (κ2) is 4.19. The fraction of sp³-hybridized carbons (Fsp3) is 0.667. The van der Waals surface area contributed by atoms with Crippen molar-refractivity contribution in [2.24, 2.45) is 7.05 Å². The Morgan fingerprint density at radius 3 is 2.72 bits per heavy atom. The molecule has 0 aromatic carbocycles. The molecule has 0 fully saturated rings. The molecular formula is C12H20N4O2. The van der Waals surface area contributed by atoms with Gasteiger partial charge in [-0.15, -0.1) is 0 Å². The summed E-state index contributed by atoms with van der Waals surface area (Å²) in [4.78, 5) is 13.6. The molecule has 0 atom stereocenters. The van der Waals surface area contributed by atoms with E-state index >= 15 is 0 Å². The van der Waals surface area contributed by atoms with Crippen molar-refractivity contribution in [1.82, 2.24) is 14.7 Å². The summed E-state index contributed by atoms with van der Waals surface area (Å²) >= 11 is 0. The van der Waals surface area contributed by atoms with E-state index in [4.69, 9.17) is 10.5 Å². The predicted octanol–water partition coefficient (Wildman–Crippen LogP) is 1.30. The average Bonchev–Trinajstić information content (AvgIpc) is 2.52. The van der Waals surface area contributed by atoms with E-state index in [1.54, 1.807) is 9.58 Å². The third-order valence-electron chi connectivity index (χ3n) is 2.90. The summed E-state index contributed by atoms with van der Waals surface area (Å²) in [5, 5.41) is 4.32. The second-order valence-electron chi connectivity index (χ2n) is 5.59. The number of hydrogen-bond acceptors (Lipinski definition) is 4. The van der Waals surface area contributed by atoms with Crippen LogP contribution in [0, 0.1) is 0 Å². The highest BCUT2D eigenvalue weighted by molar-refractivity contribution is 5.68. The lowest BCUT2D eigenvalue weighted by Crippen LogP contribution is -2.39. The van der Waals surface area contributed by atoms with Gasteiger partial charge in [0, 0.05) is 19.2 Å². The molecule has 0 radical (unpaired) electrons. The molecule has 1 aliphatic heterocycles. The van der Waals surface area contributed by atoms with Gasteiger partial charge in [-0.05, 0) is 27.2 Å². The highest BCUT2D eigenvalue weighted by Gasteiger charge is 2.28. The van der Waals surface area contributed by atoms with Crippen LogP contribution in [0.3, 0.4) is 0 Å². The normalized spacial score (nSPS) is 15.4. The molecule has 6 nitrogen and oxygen atoms in total. The molecule has 18 heavy (non-hydrogen) atoms. The third-order valence-corrected chi connectivity index (χ3v) is 2.90. The van der Waals surface area contributed by atoms with Crippen LogP contribution in [-0.2, 0) is 24.8 Å². The monoisotopic (exact) mass is 252 g/mol. The van der Waals surface area contributed by atoms with Crippen LogP contribution >= 0.6 is 0 Å². The maximum atomic E-state index is 12.0. The summed E-state index contributed by atoms with van der Waals surface area (Å²) in [5.74, 6) is 0.689. The molecule has 0 spiro atoms. The molecule has 2 rings (SSSR count). The van der Waals surface area contributed by atoms with Gasteiger partial charge in [0.1, 0.15) is 11.4 Å². The van der Waals surface area contributed by atoms with Gasteiger partial charge in [0.05, 0.1) is 12.2 Å². The molecule has 0 saturated carbocycles. The Bertz CT molecular complexity index is 473. The number of fused-ring (bicyclic) bond motifs is 1. The van der Waals surface area contributed by atoms with E-state index in [2.05, 4.69) is 5.10 Å². The summed E-state index contributed by atoms with van der Waals surface area (Å²) < 4.78 is 7.01. The molecular weight excluding hydrogens is 232 g/mol. The number of hydrogen-bond donors (Lipinski definition) is 1. The maximum Gasteiger partial charge on any atom is 0.410 e. The van der Waals surface area contributed by atoms with Gasteiger partial charge in [-0.1, -0.05) is 0 Å². The SMILES string of the molecule is Cn1nc2c(c1N)CCN(C(=O)OC(C)(C)C)C2. The fourth-order valence-electron chi connectivity index (χ4n) is 2.03. The molecule has 1 aliphatic rings. The van der Waals surface area contributed by atoms with Gasteiger partial charge in [-0.2, -0.15) is 5.10 Å². The number of nitrogens with zero attached hydrogens (tertiary/aromatic N) is 3. The Labute approximate surface area is 107 Å². The van der Waals surface area contributed by atoms with Crippen LogP contribution in [0.2, 0.25) is 0 Å². The van der Waals surface area contributed by atoms with E-state index in [-0.39, 0.29) is 6.09 Å². The zero-order chi connectivity index (χ0) is 13.5. The number of anilines is 1. The van der Waals surface area contributed by atoms with Crippen LogP contribution < -0.4 is 5.73 Å². The van der Waals surface area contributed by atoms with Gasteiger partial charge >= 0.3 is 6.09 Å². The second-order valence-corrected chi connectivity index (χ2v) is 5.59. The summed E-state index contributed by atoms with van der Waals surface area (Å²) in [5.41, 5.74) is 7.36. The number of rotatable bonds is 0. The number of carbonyl (C=O) groups is 1. The van der Waals surface area contributed by atoms with Gasteiger partial charge in [0.25, 0.3) is 0 Å². The smallest absolute Gasteiger partial charge is 0.410 e. The Kier molecular flexibility index (Phi) is 2.96. The molecule has 1 aromatic heterocycles. The molecule has 0 unspecified atom stereocenters. The van der Waals surface area contributed by atoms with Gasteiger partial charge in [0.2, 0.25) is 0 Å². The number of carbonyl (C=O) groups excluding carboxylic acids is 1. The first kappa shape index (κ1) is 12.7. The van der Waals surface area contributed by atoms with Crippen molar-refractivity contribution in [1.29, 1.82) is 0 Å². The lowest BCUT2D eigenvalue weighted by Gasteiger charge is -2.29. The first-order chi connectivity index (χ1) is 8.28. The van der Waals surface area contributed by atoms with E-state index in [1.807, 2.05) is 27.8 Å². The minimum atomic E-state index is -0.472. The Morgan fingerprint density at radius 1 is 1.44 bits per heavy atom. The van der Waals surface area contributed by atoms with Gasteiger partial charge in [0.15, 0.2) is 0 Å². The number of nitrogens with two attached hydrogens (primary N) is 1. The van der Waals surface area contributed by atoms with Gasteiger partial charge < -0.3 is 15.4 Å². The maximum absolute atomic E-state index is 12.0. The first-order valence-electron chi connectivity index (χ1n) is 6.06. The molecule has 0 aliphatic carbocycles. The zero-order valence-electron chi connectivity index (χ0n) is 11.4. The van der Waals surface area contributed by atoms with Crippen molar-refractivity contribution < 1.29 is 9.53 Å². The van der Waals surface area contributed by atoms with Crippen molar-refractivity contribution in [3.05, 3.63) is 11.3 Å². The lowest BCUT2D eigenvalue weighted by atomic mass is 10.1. The molecule has 1 amide bonds. The molecule has 2 N–H and O–H groups in total. The quantitative estimate of drug-likeness (QED) is 0.755. The van der Waals surface area contributed by atoms with Crippen LogP contribution in [0.4, 0.5) is 10.6 Å². The predicted molar refractivity (Wildman–Crippen MR) is 68.0 cm³/mol. The average molecular weight is 252 g/mol. The van der Waals surface area contributed by atoms with Crippen LogP contribution in [0.1, 0.15) is 32.0 Å². The van der Waals surface area contributed by atoms with E-state index < -0.39 is 5.60 Å². The van der Waals surface area contributed by atoms with E-state index in [0.29, 0.717) is 18.9 Å². The minimum absolute atomic E-state index is 0.294. The molecule has 100 valence electrons. The summed E-state index contributed by atoms with van der Waals surface area (Å²) in [6, 6.07) is 0. The largest absolute Gasteiger partial charge is 0.444 e. The van der Waals surface area contributed by atoms with Crippen molar-refractivity contribution in [2.45, 2.75) is 39.3 Å². The van der Waals surface area contributed by atoms with Crippen molar-refractivity contribution in [2.75, 3.05) is 12.3 Å². The first-order valence-corrected chi connectivity index (χ1v) is 6.06. The van der Waals surface area contributed by atoms with E-state index in [0.717, 1.165) is 17.7 Å². The van der Waals surface area contributed by atoms with Crippen molar-refractivity contribution in [3.63, 3.8) is 0 Å². The number of nitrogen functional groups attached to an aromatic ring is 1. The van der Waals surface area contributed by atoms with E-state index in [1.165, 1.54) is 0 Å². The fourth-order valence-corrected chi connectivity index (χ4v) is 2.03. The number of aromatic nitrogens is 2.